The first kappa shape index (κ1) is 15.8. The summed E-state index contributed by atoms with van der Waals surface area (Å²) in [6, 6.07) is 0. The molecule has 1 heterocycles. The van der Waals surface area contributed by atoms with Crippen LogP contribution in [-0.2, 0) is 0 Å². The zero-order valence-electron chi connectivity index (χ0n) is 9.45. The molecule has 0 unspecified atom stereocenters. The molecule has 2 nitrogen and oxygen atoms in total. The first-order valence-electron chi connectivity index (χ1n) is 5.29. The zero-order chi connectivity index (χ0) is 14.8. The SMILES string of the molecule is FC(F)=C(N1CCCCC1)N(C(F)(F)F)C(F)(F)F. The van der Waals surface area contributed by atoms with Crippen molar-refractivity contribution < 1.29 is 35.1 Å². The third-order valence-electron chi connectivity index (χ3n) is 2.54. The maximum atomic E-state index is 12.6. The summed E-state index contributed by atoms with van der Waals surface area (Å²) >= 11 is 0. The molecule has 0 aromatic heterocycles. The van der Waals surface area contributed by atoms with Crippen molar-refractivity contribution in [1.82, 2.24) is 9.80 Å². The van der Waals surface area contributed by atoms with E-state index in [-0.39, 0.29) is 25.9 Å². The van der Waals surface area contributed by atoms with E-state index in [2.05, 4.69) is 0 Å². The second-order valence-corrected chi connectivity index (χ2v) is 3.90. The van der Waals surface area contributed by atoms with Gasteiger partial charge in [-0.25, -0.2) is 0 Å². The molecule has 0 atom stereocenters. The summed E-state index contributed by atoms with van der Waals surface area (Å²) in [5.41, 5.74) is 0. The van der Waals surface area contributed by atoms with Crippen molar-refractivity contribution in [2.24, 2.45) is 0 Å². The van der Waals surface area contributed by atoms with E-state index in [1.165, 1.54) is 0 Å². The van der Waals surface area contributed by atoms with Crippen LogP contribution in [0.5, 0.6) is 0 Å². The fourth-order valence-electron chi connectivity index (χ4n) is 1.84. The van der Waals surface area contributed by atoms with Crippen LogP contribution in [0.15, 0.2) is 11.9 Å². The number of rotatable bonds is 2. The summed E-state index contributed by atoms with van der Waals surface area (Å²) in [4.78, 5) is -1.72. The number of piperidine rings is 1. The molecule has 1 rings (SSSR count). The van der Waals surface area contributed by atoms with Gasteiger partial charge in [-0.3, -0.25) is 0 Å². The first-order valence-corrected chi connectivity index (χ1v) is 5.29. The molecule has 0 saturated carbocycles. The van der Waals surface area contributed by atoms with Crippen LogP contribution in [0.4, 0.5) is 35.1 Å². The van der Waals surface area contributed by atoms with Gasteiger partial charge in [0.1, 0.15) is 0 Å². The Bertz CT molecular complexity index is 321. The lowest BCUT2D eigenvalue weighted by Gasteiger charge is -2.38. The van der Waals surface area contributed by atoms with Gasteiger partial charge in [-0.1, -0.05) is 0 Å². The fourth-order valence-corrected chi connectivity index (χ4v) is 1.84. The maximum Gasteiger partial charge on any atom is 0.493 e. The summed E-state index contributed by atoms with van der Waals surface area (Å²) in [7, 11) is 0. The second-order valence-electron chi connectivity index (χ2n) is 3.90. The second kappa shape index (κ2) is 5.41. The third-order valence-corrected chi connectivity index (χ3v) is 2.54. The third kappa shape index (κ3) is 3.87. The minimum atomic E-state index is -5.96. The van der Waals surface area contributed by atoms with E-state index >= 15 is 0 Å². The van der Waals surface area contributed by atoms with Crippen LogP contribution < -0.4 is 0 Å². The van der Waals surface area contributed by atoms with Gasteiger partial charge in [0.2, 0.25) is 0 Å². The number of alkyl halides is 6. The summed E-state index contributed by atoms with van der Waals surface area (Å²) in [5, 5.41) is 0. The van der Waals surface area contributed by atoms with E-state index in [0.717, 1.165) is 0 Å². The van der Waals surface area contributed by atoms with Gasteiger partial charge in [-0.2, -0.15) is 13.7 Å². The van der Waals surface area contributed by atoms with Crippen LogP contribution in [0.1, 0.15) is 19.3 Å². The molecule has 0 aromatic rings. The Balaban J connectivity index is 3.18. The minimum absolute atomic E-state index is 0.264. The van der Waals surface area contributed by atoms with Crippen molar-refractivity contribution in [1.29, 1.82) is 0 Å². The Morgan fingerprint density at radius 3 is 1.53 bits per heavy atom. The number of likely N-dealkylation sites (tertiary alicyclic amines) is 1. The monoisotopic (exact) mass is 298 g/mol. The number of hydrogen-bond donors (Lipinski definition) is 0. The molecule has 0 aromatic carbocycles. The maximum absolute atomic E-state index is 12.6. The average molecular weight is 298 g/mol. The predicted molar refractivity (Wildman–Crippen MR) is 48.6 cm³/mol. The normalized spacial score (nSPS) is 17.4. The van der Waals surface area contributed by atoms with Gasteiger partial charge in [-0.05, 0) is 19.3 Å². The van der Waals surface area contributed by atoms with Crippen molar-refractivity contribution in [3.63, 3.8) is 0 Å². The van der Waals surface area contributed by atoms with Crippen molar-refractivity contribution in [3.05, 3.63) is 11.9 Å². The molecule has 19 heavy (non-hydrogen) atoms. The van der Waals surface area contributed by atoms with Crippen LogP contribution >= 0.6 is 0 Å². The van der Waals surface area contributed by atoms with E-state index in [1.807, 2.05) is 0 Å². The molecular weight excluding hydrogens is 288 g/mol. The molecule has 0 spiro atoms. The molecular formula is C9H10F8N2. The van der Waals surface area contributed by atoms with Gasteiger partial charge >= 0.3 is 18.7 Å². The van der Waals surface area contributed by atoms with Crippen LogP contribution in [0.3, 0.4) is 0 Å². The van der Waals surface area contributed by atoms with Gasteiger partial charge in [0.15, 0.2) is 5.82 Å². The Hall–Kier alpha value is -1.22. The topological polar surface area (TPSA) is 6.48 Å². The molecule has 1 aliphatic heterocycles. The molecule has 112 valence electrons. The molecule has 1 saturated heterocycles. The van der Waals surface area contributed by atoms with Crippen molar-refractivity contribution in [2.75, 3.05) is 13.1 Å². The van der Waals surface area contributed by atoms with E-state index in [1.54, 1.807) is 0 Å². The highest BCUT2D eigenvalue weighted by Crippen LogP contribution is 2.40. The standard InChI is InChI=1S/C9H10F8N2/c10-6(11)7(18-4-2-1-3-5-18)19(8(12,13)14)9(15,16)17/h1-5H2. The zero-order valence-corrected chi connectivity index (χ0v) is 9.45. The van der Waals surface area contributed by atoms with E-state index < -0.39 is 29.4 Å². The Morgan fingerprint density at radius 1 is 0.789 bits per heavy atom. The summed E-state index contributed by atoms with van der Waals surface area (Å²) in [5.74, 6) is -2.13. The first-order chi connectivity index (χ1) is 8.55. The number of nitrogens with zero attached hydrogens (tertiary/aromatic N) is 2. The number of hydrogen-bond acceptors (Lipinski definition) is 2. The molecule has 0 N–H and O–H groups in total. The van der Waals surface area contributed by atoms with Crippen LogP contribution in [0.2, 0.25) is 0 Å². The van der Waals surface area contributed by atoms with Gasteiger partial charge in [-0.15, -0.1) is 26.3 Å². The van der Waals surface area contributed by atoms with Crippen LogP contribution in [-0.4, -0.2) is 35.5 Å². The highest BCUT2D eigenvalue weighted by atomic mass is 19.4. The largest absolute Gasteiger partial charge is 0.493 e. The molecule has 0 radical (unpaired) electrons. The molecule has 1 aliphatic rings. The summed E-state index contributed by atoms with van der Waals surface area (Å²) in [6.45, 7) is -0.537. The molecule has 0 aliphatic carbocycles. The lowest BCUT2D eigenvalue weighted by atomic mass is 10.1. The van der Waals surface area contributed by atoms with Crippen LogP contribution in [0, 0.1) is 0 Å². The van der Waals surface area contributed by atoms with Gasteiger partial charge in [0, 0.05) is 13.1 Å². The van der Waals surface area contributed by atoms with Gasteiger partial charge in [0.25, 0.3) is 0 Å². The van der Waals surface area contributed by atoms with Crippen molar-refractivity contribution >= 4 is 0 Å². The van der Waals surface area contributed by atoms with Gasteiger partial charge in [0.05, 0.1) is 0 Å². The lowest BCUT2D eigenvalue weighted by molar-refractivity contribution is -0.366. The molecule has 0 bridgehead atoms. The van der Waals surface area contributed by atoms with E-state index in [4.69, 9.17) is 0 Å². The number of halogens is 8. The fraction of sp³-hybridized carbons (Fsp3) is 0.778. The Labute approximate surface area is 103 Å². The molecule has 1 fully saturated rings. The smallest absolute Gasteiger partial charge is 0.353 e. The highest BCUT2D eigenvalue weighted by molar-refractivity contribution is 5.04. The van der Waals surface area contributed by atoms with Crippen LogP contribution in [0.25, 0.3) is 0 Å². The van der Waals surface area contributed by atoms with Crippen molar-refractivity contribution in [3.8, 4) is 0 Å². The predicted octanol–water partition coefficient (Wildman–Crippen LogP) is 3.88. The Morgan fingerprint density at radius 2 is 1.21 bits per heavy atom. The minimum Gasteiger partial charge on any atom is -0.353 e. The highest BCUT2D eigenvalue weighted by Gasteiger charge is 2.57. The average Bonchev–Trinajstić information content (AvgIpc) is 2.23. The van der Waals surface area contributed by atoms with Gasteiger partial charge < -0.3 is 4.90 Å². The summed E-state index contributed by atoms with van der Waals surface area (Å²) in [6.07, 6.45) is -13.8. The Kier molecular flexibility index (Phi) is 4.51. The lowest BCUT2D eigenvalue weighted by Crippen LogP contribution is -2.52. The van der Waals surface area contributed by atoms with E-state index in [9.17, 15) is 35.1 Å². The molecule has 10 heteroatoms. The molecule has 0 amide bonds. The van der Waals surface area contributed by atoms with Crippen molar-refractivity contribution in [2.45, 2.75) is 31.9 Å². The quantitative estimate of drug-likeness (QED) is 0.564. The summed E-state index contributed by atoms with van der Waals surface area (Å²) < 4.78 is 99.5. The van der Waals surface area contributed by atoms with E-state index in [0.29, 0.717) is 11.3 Å².